The smallest absolute Gasteiger partial charge is 0.316 e. The lowest BCUT2D eigenvalue weighted by molar-refractivity contribution is -0.116. The minimum absolute atomic E-state index is 0.258. The molecule has 0 radical (unpaired) electrons. The van der Waals surface area contributed by atoms with Crippen LogP contribution in [0.2, 0.25) is 5.02 Å². The van der Waals surface area contributed by atoms with Crippen molar-refractivity contribution in [2.24, 2.45) is 0 Å². The Hall–Kier alpha value is -3.12. The fourth-order valence-corrected chi connectivity index (χ4v) is 2.79. The van der Waals surface area contributed by atoms with Crippen molar-refractivity contribution in [3.63, 3.8) is 0 Å². The van der Waals surface area contributed by atoms with Gasteiger partial charge in [-0.3, -0.25) is 19.0 Å². The maximum atomic E-state index is 12.3. The first kappa shape index (κ1) is 18.7. The van der Waals surface area contributed by atoms with E-state index in [1.54, 1.807) is 24.3 Å². The highest BCUT2D eigenvalue weighted by molar-refractivity contribution is 6.30. The Morgan fingerprint density at radius 2 is 1.67 bits per heavy atom. The van der Waals surface area contributed by atoms with Gasteiger partial charge in [0.25, 0.3) is 0 Å². The number of anilines is 1. The van der Waals surface area contributed by atoms with Gasteiger partial charge in [0.2, 0.25) is 5.91 Å². The number of hydrogen-bond acceptors (Lipinski definition) is 3. The molecule has 0 bridgehead atoms. The number of nitrogens with zero attached hydrogens (tertiary/aromatic N) is 2. The fraction of sp³-hybridized carbons (Fsp3) is 0.150. The average molecular weight is 384 g/mol. The van der Waals surface area contributed by atoms with Gasteiger partial charge in [-0.25, -0.2) is 0 Å². The summed E-state index contributed by atoms with van der Waals surface area (Å²) in [5, 5.41) is 3.14. The van der Waals surface area contributed by atoms with E-state index < -0.39 is 17.0 Å². The highest BCUT2D eigenvalue weighted by Crippen LogP contribution is 2.14. The van der Waals surface area contributed by atoms with Crippen LogP contribution in [0.1, 0.15) is 11.1 Å². The monoisotopic (exact) mass is 383 g/mol. The van der Waals surface area contributed by atoms with Crippen LogP contribution >= 0.6 is 11.6 Å². The van der Waals surface area contributed by atoms with Gasteiger partial charge in [0.15, 0.2) is 0 Å². The van der Waals surface area contributed by atoms with E-state index in [0.717, 1.165) is 15.7 Å². The summed E-state index contributed by atoms with van der Waals surface area (Å²) >= 11 is 5.88. The van der Waals surface area contributed by atoms with Crippen LogP contribution in [0.15, 0.2) is 70.5 Å². The van der Waals surface area contributed by atoms with Gasteiger partial charge in [0.05, 0.1) is 6.54 Å². The van der Waals surface area contributed by atoms with E-state index in [2.05, 4.69) is 5.32 Å². The van der Waals surface area contributed by atoms with Gasteiger partial charge >= 0.3 is 11.1 Å². The standard InChI is InChI=1S/C20H18ClN3O3/c1-14-5-7-15(8-6-14)12-23-9-10-24(20(27)19(23)26)13-18(25)22-17-4-2-3-16(21)11-17/h2-11H,12-13H2,1H3,(H,22,25). The molecule has 0 aliphatic carbocycles. The van der Waals surface area contributed by atoms with Crippen molar-refractivity contribution in [2.45, 2.75) is 20.0 Å². The van der Waals surface area contributed by atoms with Gasteiger partial charge in [-0.1, -0.05) is 47.5 Å². The Balaban J connectivity index is 1.74. The summed E-state index contributed by atoms with van der Waals surface area (Å²) in [6.45, 7) is 2.02. The zero-order valence-electron chi connectivity index (χ0n) is 14.7. The Morgan fingerprint density at radius 3 is 2.37 bits per heavy atom. The largest absolute Gasteiger partial charge is 0.324 e. The number of nitrogens with one attached hydrogen (secondary N) is 1. The van der Waals surface area contributed by atoms with Crippen LogP contribution in [0.5, 0.6) is 0 Å². The van der Waals surface area contributed by atoms with Crippen molar-refractivity contribution in [1.82, 2.24) is 9.13 Å². The summed E-state index contributed by atoms with van der Waals surface area (Å²) < 4.78 is 2.42. The molecular formula is C20H18ClN3O3. The lowest BCUT2D eigenvalue weighted by Crippen LogP contribution is -2.42. The number of halogens is 1. The van der Waals surface area contributed by atoms with Crippen LogP contribution in [0.4, 0.5) is 5.69 Å². The van der Waals surface area contributed by atoms with E-state index in [4.69, 9.17) is 11.6 Å². The van der Waals surface area contributed by atoms with Gasteiger partial charge in [0, 0.05) is 23.1 Å². The number of hydrogen-bond donors (Lipinski definition) is 1. The van der Waals surface area contributed by atoms with E-state index in [9.17, 15) is 14.4 Å². The SMILES string of the molecule is Cc1ccc(Cn2ccn(CC(=O)Nc3cccc(Cl)c3)c(=O)c2=O)cc1. The van der Waals surface area contributed by atoms with E-state index >= 15 is 0 Å². The van der Waals surface area contributed by atoms with Crippen molar-refractivity contribution in [2.75, 3.05) is 5.32 Å². The first-order valence-electron chi connectivity index (χ1n) is 8.33. The van der Waals surface area contributed by atoms with Crippen molar-refractivity contribution >= 4 is 23.2 Å². The van der Waals surface area contributed by atoms with Gasteiger partial charge in [-0.2, -0.15) is 0 Å². The third-order valence-electron chi connectivity index (χ3n) is 4.03. The van der Waals surface area contributed by atoms with Gasteiger partial charge < -0.3 is 9.88 Å². The normalized spacial score (nSPS) is 10.6. The molecule has 1 heterocycles. The summed E-state index contributed by atoms with van der Waals surface area (Å²) in [5.74, 6) is -0.421. The number of aromatic nitrogens is 2. The molecule has 1 aromatic heterocycles. The molecule has 3 rings (SSSR count). The molecular weight excluding hydrogens is 366 g/mol. The summed E-state index contributed by atoms with van der Waals surface area (Å²) in [6.07, 6.45) is 2.95. The molecule has 0 fully saturated rings. The van der Waals surface area contributed by atoms with Crippen LogP contribution in [-0.4, -0.2) is 15.0 Å². The minimum Gasteiger partial charge on any atom is -0.324 e. The highest BCUT2D eigenvalue weighted by atomic mass is 35.5. The Morgan fingerprint density at radius 1 is 1.00 bits per heavy atom. The number of carbonyl (C=O) groups is 1. The zero-order valence-corrected chi connectivity index (χ0v) is 15.4. The first-order valence-corrected chi connectivity index (χ1v) is 8.71. The van der Waals surface area contributed by atoms with E-state index in [0.29, 0.717) is 17.3 Å². The fourth-order valence-electron chi connectivity index (χ4n) is 2.60. The molecule has 27 heavy (non-hydrogen) atoms. The van der Waals surface area contributed by atoms with Crippen LogP contribution < -0.4 is 16.4 Å². The van der Waals surface area contributed by atoms with Crippen LogP contribution in [-0.2, 0) is 17.9 Å². The summed E-state index contributed by atoms with van der Waals surface area (Å²) in [4.78, 5) is 36.8. The topological polar surface area (TPSA) is 73.1 Å². The van der Waals surface area contributed by atoms with Crippen molar-refractivity contribution in [1.29, 1.82) is 0 Å². The molecule has 1 amide bonds. The van der Waals surface area contributed by atoms with Crippen LogP contribution in [0.3, 0.4) is 0 Å². The second kappa shape index (κ2) is 8.05. The number of benzene rings is 2. The quantitative estimate of drug-likeness (QED) is 0.688. The second-order valence-corrected chi connectivity index (χ2v) is 6.64. The lowest BCUT2D eigenvalue weighted by atomic mass is 10.1. The van der Waals surface area contributed by atoms with E-state index in [1.165, 1.54) is 17.0 Å². The molecule has 0 spiro atoms. The molecule has 0 saturated carbocycles. The van der Waals surface area contributed by atoms with Crippen molar-refractivity contribution in [3.05, 3.63) is 97.8 Å². The molecule has 7 heteroatoms. The van der Waals surface area contributed by atoms with Gasteiger partial charge in [0.1, 0.15) is 6.54 Å². The zero-order chi connectivity index (χ0) is 19.4. The van der Waals surface area contributed by atoms with Gasteiger partial charge in [-0.05, 0) is 30.7 Å². The van der Waals surface area contributed by atoms with E-state index in [-0.39, 0.29) is 6.54 Å². The predicted octanol–water partition coefficient (Wildman–Crippen LogP) is 2.66. The molecule has 0 unspecified atom stereocenters. The molecule has 0 saturated heterocycles. The van der Waals surface area contributed by atoms with Crippen LogP contribution in [0, 0.1) is 6.92 Å². The molecule has 0 aliphatic heterocycles. The predicted molar refractivity (Wildman–Crippen MR) is 105 cm³/mol. The first-order chi connectivity index (χ1) is 12.9. The number of amides is 1. The molecule has 1 N–H and O–H groups in total. The summed E-state index contributed by atoms with van der Waals surface area (Å²) in [6, 6.07) is 14.4. The molecule has 2 aromatic carbocycles. The number of aryl methyl sites for hydroxylation is 1. The van der Waals surface area contributed by atoms with E-state index in [1.807, 2.05) is 31.2 Å². The minimum atomic E-state index is -0.745. The second-order valence-electron chi connectivity index (χ2n) is 6.21. The Labute approximate surface area is 160 Å². The number of rotatable bonds is 5. The molecule has 138 valence electrons. The third-order valence-corrected chi connectivity index (χ3v) is 4.26. The molecule has 0 aliphatic rings. The van der Waals surface area contributed by atoms with Crippen molar-refractivity contribution < 1.29 is 4.79 Å². The maximum Gasteiger partial charge on any atom is 0.316 e. The summed E-state index contributed by atoms with van der Waals surface area (Å²) in [7, 11) is 0. The summed E-state index contributed by atoms with van der Waals surface area (Å²) in [5.41, 5.74) is 1.14. The lowest BCUT2D eigenvalue weighted by Gasteiger charge is -2.10. The van der Waals surface area contributed by atoms with Crippen LogP contribution in [0.25, 0.3) is 0 Å². The molecule has 0 atom stereocenters. The highest BCUT2D eigenvalue weighted by Gasteiger charge is 2.10. The van der Waals surface area contributed by atoms with Gasteiger partial charge in [-0.15, -0.1) is 0 Å². The Bertz CT molecular complexity index is 1080. The maximum absolute atomic E-state index is 12.3. The van der Waals surface area contributed by atoms with Crippen molar-refractivity contribution in [3.8, 4) is 0 Å². The number of carbonyl (C=O) groups excluding carboxylic acids is 1. The average Bonchev–Trinajstić information content (AvgIpc) is 2.63. The third kappa shape index (κ3) is 4.74. The molecule has 3 aromatic rings. The Kier molecular flexibility index (Phi) is 5.57. The molecule has 6 nitrogen and oxygen atoms in total.